The number of hydrogen-bond donors (Lipinski definition) is 1. The van der Waals surface area contributed by atoms with Crippen molar-refractivity contribution in [3.63, 3.8) is 0 Å². The predicted octanol–water partition coefficient (Wildman–Crippen LogP) is 1.64. The lowest BCUT2D eigenvalue weighted by molar-refractivity contribution is -0.00805. The molecule has 1 aliphatic rings. The van der Waals surface area contributed by atoms with Crippen molar-refractivity contribution in [1.82, 2.24) is 30.1 Å². The Balaban J connectivity index is 1.70. The highest BCUT2D eigenvalue weighted by Crippen LogP contribution is 2.22. The van der Waals surface area contributed by atoms with Gasteiger partial charge in [0.05, 0.1) is 19.3 Å². The van der Waals surface area contributed by atoms with E-state index in [0.29, 0.717) is 24.9 Å². The summed E-state index contributed by atoms with van der Waals surface area (Å²) in [6.07, 6.45) is 3.82. The maximum atomic E-state index is 5.92. The molecule has 9 heteroatoms. The second-order valence-electron chi connectivity index (χ2n) is 7.69. The molecule has 1 N–H and O–H groups in total. The quantitative estimate of drug-likeness (QED) is 0.641. The van der Waals surface area contributed by atoms with E-state index in [2.05, 4.69) is 32.4 Å². The Hall–Kier alpha value is -2.42. The van der Waals surface area contributed by atoms with Gasteiger partial charge in [-0.2, -0.15) is 10.1 Å². The maximum Gasteiger partial charge on any atom is 0.232 e. The molecular weight excluding hydrogens is 346 g/mol. The van der Waals surface area contributed by atoms with Crippen LogP contribution in [0.5, 0.6) is 0 Å². The van der Waals surface area contributed by atoms with Gasteiger partial charge in [0.25, 0.3) is 0 Å². The van der Waals surface area contributed by atoms with Gasteiger partial charge in [-0.05, 0) is 6.92 Å². The van der Waals surface area contributed by atoms with Gasteiger partial charge >= 0.3 is 0 Å². The van der Waals surface area contributed by atoms with Crippen molar-refractivity contribution >= 4 is 5.96 Å². The summed E-state index contributed by atoms with van der Waals surface area (Å²) in [6, 6.07) is 0. The summed E-state index contributed by atoms with van der Waals surface area (Å²) in [5, 5.41) is 11.6. The molecule has 0 amide bonds. The highest BCUT2D eigenvalue weighted by Gasteiger charge is 2.25. The lowest BCUT2D eigenvalue weighted by atomic mass is 9.97. The summed E-state index contributed by atoms with van der Waals surface area (Å²) in [6.45, 7) is 11.5. The monoisotopic (exact) mass is 375 g/mol. The van der Waals surface area contributed by atoms with Crippen LogP contribution in [0.4, 0.5) is 0 Å². The summed E-state index contributed by atoms with van der Waals surface area (Å²) >= 11 is 0. The molecule has 0 aliphatic carbocycles. The summed E-state index contributed by atoms with van der Waals surface area (Å²) < 4.78 is 13.1. The number of ether oxygens (including phenoxy) is 1. The summed E-state index contributed by atoms with van der Waals surface area (Å²) in [7, 11) is 1.91. The average molecular weight is 375 g/mol. The van der Waals surface area contributed by atoms with Crippen LogP contribution < -0.4 is 5.32 Å². The Kier molecular flexibility index (Phi) is 5.79. The number of guanidine groups is 1. The summed E-state index contributed by atoms with van der Waals surface area (Å²) in [5.41, 5.74) is 0.909. The van der Waals surface area contributed by atoms with Gasteiger partial charge in [-0.1, -0.05) is 25.9 Å². The van der Waals surface area contributed by atoms with Crippen LogP contribution in [-0.2, 0) is 23.7 Å². The first-order chi connectivity index (χ1) is 12.9. The van der Waals surface area contributed by atoms with E-state index in [1.165, 1.54) is 0 Å². The van der Waals surface area contributed by atoms with Gasteiger partial charge in [-0.25, -0.2) is 4.99 Å². The molecular formula is C18H29N7O2. The van der Waals surface area contributed by atoms with E-state index in [1.54, 1.807) is 4.68 Å². The zero-order chi connectivity index (χ0) is 19.4. The number of aliphatic imine (C=N–C) groups is 1. The van der Waals surface area contributed by atoms with Crippen LogP contribution in [0.2, 0.25) is 0 Å². The number of rotatable bonds is 4. The average Bonchev–Trinajstić information content (AvgIpc) is 3.27. The number of morpholine rings is 1. The zero-order valence-electron chi connectivity index (χ0n) is 16.8. The normalized spacial score (nSPS) is 18.8. The van der Waals surface area contributed by atoms with Crippen molar-refractivity contribution in [3.8, 4) is 0 Å². The molecule has 0 aromatic carbocycles. The topological polar surface area (TPSA) is 93.6 Å². The molecule has 2 aromatic rings. The van der Waals surface area contributed by atoms with Crippen molar-refractivity contribution in [3.05, 3.63) is 29.7 Å². The fourth-order valence-electron chi connectivity index (χ4n) is 2.84. The molecule has 1 fully saturated rings. The van der Waals surface area contributed by atoms with Gasteiger partial charge in [0.1, 0.15) is 12.6 Å². The molecule has 3 heterocycles. The standard InChI is InChI=1S/C18H29N7O2/c1-6-19-17(20-10-15-22-16(27-23-15)18(2,3)4)25-7-8-26-14(12-25)13-9-21-24(5)11-13/h9,11,14H,6-8,10,12H2,1-5H3,(H,19,20). The lowest BCUT2D eigenvalue weighted by Crippen LogP contribution is -2.48. The summed E-state index contributed by atoms with van der Waals surface area (Å²) in [5.74, 6) is 2.05. The SMILES string of the molecule is CCNC(=NCc1noc(C(C)(C)C)n1)N1CCOC(c2cnn(C)c2)C1. The van der Waals surface area contributed by atoms with Crippen LogP contribution in [-0.4, -0.2) is 57.0 Å². The molecule has 0 radical (unpaired) electrons. The fraction of sp³-hybridized carbons (Fsp3) is 0.667. The minimum Gasteiger partial charge on any atom is -0.370 e. The molecule has 1 aliphatic heterocycles. The first-order valence-corrected chi connectivity index (χ1v) is 9.33. The molecule has 9 nitrogen and oxygen atoms in total. The second kappa shape index (κ2) is 8.08. The molecule has 1 saturated heterocycles. The Morgan fingerprint density at radius 2 is 2.22 bits per heavy atom. The van der Waals surface area contributed by atoms with E-state index in [0.717, 1.165) is 31.2 Å². The third-order valence-electron chi connectivity index (χ3n) is 4.28. The van der Waals surface area contributed by atoms with Crippen LogP contribution in [0.25, 0.3) is 0 Å². The van der Waals surface area contributed by atoms with Crippen molar-refractivity contribution in [2.24, 2.45) is 12.0 Å². The molecule has 3 rings (SSSR count). The van der Waals surface area contributed by atoms with E-state index < -0.39 is 0 Å². The Labute approximate surface area is 159 Å². The summed E-state index contributed by atoms with van der Waals surface area (Å²) in [4.78, 5) is 11.4. The minimum absolute atomic E-state index is 0.0195. The first-order valence-electron chi connectivity index (χ1n) is 9.33. The van der Waals surface area contributed by atoms with Crippen molar-refractivity contribution in [1.29, 1.82) is 0 Å². The number of aromatic nitrogens is 4. The van der Waals surface area contributed by atoms with E-state index in [9.17, 15) is 0 Å². The highest BCUT2D eigenvalue weighted by molar-refractivity contribution is 5.80. The largest absolute Gasteiger partial charge is 0.370 e. The van der Waals surface area contributed by atoms with Crippen LogP contribution in [0.3, 0.4) is 0 Å². The molecule has 0 spiro atoms. The molecule has 0 bridgehead atoms. The van der Waals surface area contributed by atoms with Crippen molar-refractivity contribution < 1.29 is 9.26 Å². The number of nitrogens with one attached hydrogen (secondary N) is 1. The molecule has 1 atom stereocenters. The third-order valence-corrected chi connectivity index (χ3v) is 4.28. The van der Waals surface area contributed by atoms with Gasteiger partial charge < -0.3 is 19.5 Å². The molecule has 2 aromatic heterocycles. The molecule has 27 heavy (non-hydrogen) atoms. The van der Waals surface area contributed by atoms with E-state index in [1.807, 2.05) is 40.2 Å². The highest BCUT2D eigenvalue weighted by atomic mass is 16.5. The molecule has 0 saturated carbocycles. The van der Waals surface area contributed by atoms with Gasteiger partial charge in [0, 0.05) is 37.3 Å². The van der Waals surface area contributed by atoms with Gasteiger partial charge in [0.15, 0.2) is 11.8 Å². The van der Waals surface area contributed by atoms with Gasteiger partial charge in [-0.15, -0.1) is 0 Å². The number of aryl methyl sites for hydroxylation is 1. The Morgan fingerprint density at radius 1 is 1.41 bits per heavy atom. The van der Waals surface area contributed by atoms with Crippen LogP contribution in [0.15, 0.2) is 21.9 Å². The first kappa shape index (κ1) is 19.3. The minimum atomic E-state index is -0.166. The Morgan fingerprint density at radius 3 is 2.85 bits per heavy atom. The van der Waals surface area contributed by atoms with Crippen LogP contribution >= 0.6 is 0 Å². The van der Waals surface area contributed by atoms with Gasteiger partial charge in [0.2, 0.25) is 5.89 Å². The second-order valence-corrected chi connectivity index (χ2v) is 7.69. The Bertz CT molecular complexity index is 775. The number of nitrogens with zero attached hydrogens (tertiary/aromatic N) is 6. The number of hydrogen-bond acceptors (Lipinski definition) is 6. The lowest BCUT2D eigenvalue weighted by Gasteiger charge is -2.34. The smallest absolute Gasteiger partial charge is 0.232 e. The molecule has 148 valence electrons. The third kappa shape index (κ3) is 4.85. The van der Waals surface area contributed by atoms with E-state index in [-0.39, 0.29) is 11.5 Å². The predicted molar refractivity (Wildman–Crippen MR) is 101 cm³/mol. The van der Waals surface area contributed by atoms with E-state index >= 15 is 0 Å². The van der Waals surface area contributed by atoms with Crippen LogP contribution in [0.1, 0.15) is 51.1 Å². The van der Waals surface area contributed by atoms with E-state index in [4.69, 9.17) is 14.3 Å². The van der Waals surface area contributed by atoms with Crippen LogP contribution in [0, 0.1) is 0 Å². The fourth-order valence-corrected chi connectivity index (χ4v) is 2.84. The zero-order valence-corrected chi connectivity index (χ0v) is 16.8. The van der Waals surface area contributed by atoms with Gasteiger partial charge in [-0.3, -0.25) is 4.68 Å². The van der Waals surface area contributed by atoms with Crippen molar-refractivity contribution in [2.75, 3.05) is 26.2 Å². The molecule has 1 unspecified atom stereocenters. The maximum absolute atomic E-state index is 5.92. The van der Waals surface area contributed by atoms with Crippen molar-refractivity contribution in [2.45, 2.75) is 45.8 Å².